The van der Waals surface area contributed by atoms with E-state index >= 15 is 0 Å². The van der Waals surface area contributed by atoms with Gasteiger partial charge in [0.1, 0.15) is 11.6 Å². The van der Waals surface area contributed by atoms with Crippen LogP contribution in [0.3, 0.4) is 0 Å². The molecule has 2 saturated heterocycles. The standard InChI is InChI=1S/C21H29F2N3O/c22-19-4-1-5-20(23)18(19)14-25-11-8-17(9-12-25)26-10-2-3-15(13-26)21(27)24-16-6-7-16/h1,4-5,15-17H,2-3,6-14H2,(H,24,27). The van der Waals surface area contributed by atoms with Crippen LogP contribution in [0.25, 0.3) is 0 Å². The van der Waals surface area contributed by atoms with Crippen LogP contribution in [0.15, 0.2) is 18.2 Å². The molecule has 4 rings (SSSR count). The Balaban J connectivity index is 1.27. The van der Waals surface area contributed by atoms with Gasteiger partial charge in [-0.25, -0.2) is 8.78 Å². The highest BCUT2D eigenvalue weighted by Gasteiger charge is 2.33. The molecule has 4 nitrogen and oxygen atoms in total. The van der Waals surface area contributed by atoms with Gasteiger partial charge in [-0.2, -0.15) is 0 Å². The number of hydrogen-bond donors (Lipinski definition) is 1. The van der Waals surface area contributed by atoms with E-state index < -0.39 is 11.6 Å². The summed E-state index contributed by atoms with van der Waals surface area (Å²) in [6.07, 6.45) is 6.30. The number of carbonyl (C=O) groups is 1. The molecule has 3 aliphatic rings. The zero-order chi connectivity index (χ0) is 18.8. The molecule has 6 heteroatoms. The molecule has 0 bridgehead atoms. The van der Waals surface area contributed by atoms with Crippen molar-refractivity contribution in [3.63, 3.8) is 0 Å². The van der Waals surface area contributed by atoms with Gasteiger partial charge in [-0.05, 0) is 70.3 Å². The van der Waals surface area contributed by atoms with Crippen molar-refractivity contribution in [2.24, 2.45) is 5.92 Å². The van der Waals surface area contributed by atoms with E-state index in [2.05, 4.69) is 15.1 Å². The van der Waals surface area contributed by atoms with Crippen LogP contribution in [0.5, 0.6) is 0 Å². The zero-order valence-electron chi connectivity index (χ0n) is 15.8. The maximum absolute atomic E-state index is 13.9. The van der Waals surface area contributed by atoms with Gasteiger partial charge in [0.2, 0.25) is 5.91 Å². The van der Waals surface area contributed by atoms with Gasteiger partial charge in [-0.3, -0.25) is 14.6 Å². The predicted octanol–water partition coefficient (Wildman–Crippen LogP) is 2.92. The summed E-state index contributed by atoms with van der Waals surface area (Å²) in [4.78, 5) is 17.0. The third kappa shape index (κ3) is 4.66. The SMILES string of the molecule is O=C(NC1CC1)C1CCCN(C2CCN(Cc3c(F)cccc3F)CC2)C1. The van der Waals surface area contributed by atoms with Gasteiger partial charge in [0.25, 0.3) is 0 Å². The largest absolute Gasteiger partial charge is 0.353 e. The first-order valence-corrected chi connectivity index (χ1v) is 10.3. The number of amides is 1. The Hall–Kier alpha value is -1.53. The average molecular weight is 377 g/mol. The fourth-order valence-corrected chi connectivity index (χ4v) is 4.45. The summed E-state index contributed by atoms with van der Waals surface area (Å²) < 4.78 is 27.7. The number of halogens is 2. The monoisotopic (exact) mass is 377 g/mol. The average Bonchev–Trinajstić information content (AvgIpc) is 3.49. The van der Waals surface area contributed by atoms with Crippen molar-refractivity contribution >= 4 is 5.91 Å². The number of rotatable bonds is 5. The lowest BCUT2D eigenvalue weighted by Crippen LogP contribution is -2.50. The molecular formula is C21H29F2N3O. The Morgan fingerprint density at radius 2 is 1.74 bits per heavy atom. The van der Waals surface area contributed by atoms with Crippen molar-refractivity contribution in [3.05, 3.63) is 35.4 Å². The van der Waals surface area contributed by atoms with Gasteiger partial charge < -0.3 is 5.32 Å². The number of benzene rings is 1. The van der Waals surface area contributed by atoms with Crippen LogP contribution >= 0.6 is 0 Å². The normalized spacial score (nSPS) is 25.5. The number of hydrogen-bond acceptors (Lipinski definition) is 3. The van der Waals surface area contributed by atoms with Gasteiger partial charge in [0.05, 0.1) is 5.92 Å². The summed E-state index contributed by atoms with van der Waals surface area (Å²) in [6.45, 7) is 3.92. The van der Waals surface area contributed by atoms with Crippen molar-refractivity contribution in [2.45, 2.75) is 57.2 Å². The third-order valence-corrected chi connectivity index (χ3v) is 6.26. The van der Waals surface area contributed by atoms with Crippen LogP contribution in [0.4, 0.5) is 8.78 Å². The summed E-state index contributed by atoms with van der Waals surface area (Å²) in [5, 5.41) is 3.15. The van der Waals surface area contributed by atoms with Crippen molar-refractivity contribution in [3.8, 4) is 0 Å². The van der Waals surface area contributed by atoms with E-state index in [0.717, 1.165) is 64.7 Å². The number of likely N-dealkylation sites (tertiary alicyclic amines) is 2. The maximum Gasteiger partial charge on any atom is 0.224 e. The van der Waals surface area contributed by atoms with Crippen molar-refractivity contribution in [1.29, 1.82) is 0 Å². The molecule has 3 fully saturated rings. The lowest BCUT2D eigenvalue weighted by molar-refractivity contribution is -0.127. The Morgan fingerprint density at radius 1 is 1.04 bits per heavy atom. The van der Waals surface area contributed by atoms with Crippen LogP contribution in [0, 0.1) is 17.6 Å². The molecule has 0 radical (unpaired) electrons. The zero-order valence-corrected chi connectivity index (χ0v) is 15.8. The van der Waals surface area contributed by atoms with E-state index in [0.29, 0.717) is 18.6 Å². The molecule has 1 saturated carbocycles. The van der Waals surface area contributed by atoms with E-state index in [1.54, 1.807) is 0 Å². The summed E-state index contributed by atoms with van der Waals surface area (Å²) in [7, 11) is 0. The minimum absolute atomic E-state index is 0.116. The molecule has 1 atom stereocenters. The van der Waals surface area contributed by atoms with Gasteiger partial charge in [-0.1, -0.05) is 6.07 Å². The second-order valence-electron chi connectivity index (χ2n) is 8.32. The van der Waals surface area contributed by atoms with E-state index in [4.69, 9.17) is 0 Å². The highest BCUT2D eigenvalue weighted by atomic mass is 19.1. The second-order valence-corrected chi connectivity index (χ2v) is 8.32. The highest BCUT2D eigenvalue weighted by molar-refractivity contribution is 5.79. The fraction of sp³-hybridized carbons (Fsp3) is 0.667. The molecule has 1 unspecified atom stereocenters. The molecular weight excluding hydrogens is 348 g/mol. The fourth-order valence-electron chi connectivity index (χ4n) is 4.45. The smallest absolute Gasteiger partial charge is 0.224 e. The van der Waals surface area contributed by atoms with E-state index in [1.165, 1.54) is 18.2 Å². The Morgan fingerprint density at radius 3 is 2.41 bits per heavy atom. The molecule has 0 spiro atoms. The Labute approximate surface area is 159 Å². The van der Waals surface area contributed by atoms with E-state index in [9.17, 15) is 13.6 Å². The molecule has 0 aromatic heterocycles. The molecule has 1 aliphatic carbocycles. The number of nitrogens with zero attached hydrogens (tertiary/aromatic N) is 2. The Kier molecular flexibility index (Phi) is 5.74. The molecule has 148 valence electrons. The summed E-state index contributed by atoms with van der Waals surface area (Å²) in [5.74, 6) is -0.574. The molecule has 2 heterocycles. The van der Waals surface area contributed by atoms with Crippen LogP contribution in [0.2, 0.25) is 0 Å². The molecule has 1 amide bonds. The highest BCUT2D eigenvalue weighted by Crippen LogP contribution is 2.26. The topological polar surface area (TPSA) is 35.6 Å². The summed E-state index contributed by atoms with van der Waals surface area (Å²) >= 11 is 0. The first-order chi connectivity index (χ1) is 13.1. The van der Waals surface area contributed by atoms with Crippen LogP contribution in [-0.2, 0) is 11.3 Å². The lowest BCUT2D eigenvalue weighted by atomic mass is 9.93. The van der Waals surface area contributed by atoms with Crippen LogP contribution in [-0.4, -0.2) is 54.0 Å². The molecule has 1 aromatic carbocycles. The maximum atomic E-state index is 13.9. The third-order valence-electron chi connectivity index (χ3n) is 6.26. The predicted molar refractivity (Wildman–Crippen MR) is 100 cm³/mol. The minimum atomic E-state index is -0.460. The van der Waals surface area contributed by atoms with Gasteiger partial charge in [-0.15, -0.1) is 0 Å². The van der Waals surface area contributed by atoms with Crippen LogP contribution < -0.4 is 5.32 Å². The molecule has 27 heavy (non-hydrogen) atoms. The molecule has 1 N–H and O–H groups in total. The molecule has 2 aliphatic heterocycles. The number of nitrogens with one attached hydrogen (secondary N) is 1. The summed E-state index contributed by atoms with van der Waals surface area (Å²) in [5.41, 5.74) is 0.172. The lowest BCUT2D eigenvalue weighted by Gasteiger charge is -2.42. The second kappa shape index (κ2) is 8.23. The number of carbonyl (C=O) groups excluding carboxylic acids is 1. The number of piperidine rings is 2. The first kappa shape index (κ1) is 18.8. The van der Waals surface area contributed by atoms with Crippen molar-refractivity contribution in [2.75, 3.05) is 26.2 Å². The summed E-state index contributed by atoms with van der Waals surface area (Å²) in [6, 6.07) is 4.96. The Bertz CT molecular complexity index is 651. The van der Waals surface area contributed by atoms with Gasteiger partial charge in [0.15, 0.2) is 0 Å². The minimum Gasteiger partial charge on any atom is -0.353 e. The van der Waals surface area contributed by atoms with Gasteiger partial charge in [0, 0.05) is 30.7 Å². The van der Waals surface area contributed by atoms with Gasteiger partial charge >= 0.3 is 0 Å². The van der Waals surface area contributed by atoms with E-state index in [-0.39, 0.29) is 17.4 Å². The van der Waals surface area contributed by atoms with Crippen molar-refractivity contribution < 1.29 is 13.6 Å². The van der Waals surface area contributed by atoms with E-state index in [1.807, 2.05) is 0 Å². The molecule has 1 aromatic rings. The first-order valence-electron chi connectivity index (χ1n) is 10.3. The van der Waals surface area contributed by atoms with Crippen molar-refractivity contribution in [1.82, 2.24) is 15.1 Å². The van der Waals surface area contributed by atoms with Crippen LogP contribution in [0.1, 0.15) is 44.1 Å². The quantitative estimate of drug-likeness (QED) is 0.857.